The van der Waals surface area contributed by atoms with Crippen LogP contribution in [0.2, 0.25) is 0 Å². The molecule has 1 aromatic carbocycles. The van der Waals surface area contributed by atoms with E-state index in [4.69, 9.17) is 5.26 Å². The summed E-state index contributed by atoms with van der Waals surface area (Å²) in [6.45, 7) is 6.96. The smallest absolute Gasteiger partial charge is 0.127 e. The van der Waals surface area contributed by atoms with E-state index in [1.54, 1.807) is 12.1 Å². The standard InChI is InChI=1S/C15H21FN2/c1-12(13-7-4-5-8-14(13)16)18-11-15(2,3)9-6-10-17/h4-5,7-8,12,18H,6,9,11H2,1-3H3. The molecular weight excluding hydrogens is 227 g/mol. The van der Waals surface area contributed by atoms with Gasteiger partial charge in [0.1, 0.15) is 5.82 Å². The molecular formula is C15H21FN2. The van der Waals surface area contributed by atoms with Crippen LogP contribution in [0, 0.1) is 22.6 Å². The highest BCUT2D eigenvalue weighted by atomic mass is 19.1. The number of rotatable bonds is 6. The van der Waals surface area contributed by atoms with Gasteiger partial charge < -0.3 is 5.32 Å². The maximum atomic E-state index is 13.6. The largest absolute Gasteiger partial charge is 0.310 e. The van der Waals surface area contributed by atoms with Gasteiger partial charge in [-0.1, -0.05) is 32.0 Å². The molecule has 1 unspecified atom stereocenters. The van der Waals surface area contributed by atoms with Crippen molar-refractivity contribution in [2.24, 2.45) is 5.41 Å². The van der Waals surface area contributed by atoms with Crippen molar-refractivity contribution in [3.05, 3.63) is 35.6 Å². The van der Waals surface area contributed by atoms with E-state index >= 15 is 0 Å². The Bertz CT molecular complexity index is 421. The summed E-state index contributed by atoms with van der Waals surface area (Å²) in [6, 6.07) is 8.97. The summed E-state index contributed by atoms with van der Waals surface area (Å²) in [5, 5.41) is 11.9. The van der Waals surface area contributed by atoms with Crippen molar-refractivity contribution in [2.45, 2.75) is 39.7 Å². The first kappa shape index (κ1) is 14.7. The highest BCUT2D eigenvalue weighted by Crippen LogP contribution is 2.23. The molecule has 0 aliphatic heterocycles. The second kappa shape index (κ2) is 6.51. The van der Waals surface area contributed by atoms with Crippen molar-refractivity contribution in [3.8, 4) is 6.07 Å². The Labute approximate surface area is 109 Å². The molecule has 0 saturated heterocycles. The van der Waals surface area contributed by atoms with Gasteiger partial charge >= 0.3 is 0 Å². The topological polar surface area (TPSA) is 35.8 Å². The molecule has 0 fully saturated rings. The van der Waals surface area contributed by atoms with Crippen molar-refractivity contribution >= 4 is 0 Å². The average molecular weight is 248 g/mol. The molecule has 98 valence electrons. The number of halogens is 1. The maximum absolute atomic E-state index is 13.6. The van der Waals surface area contributed by atoms with Crippen molar-refractivity contribution < 1.29 is 4.39 Å². The minimum absolute atomic E-state index is 0.0208. The Hall–Kier alpha value is -1.40. The third kappa shape index (κ3) is 4.46. The van der Waals surface area contributed by atoms with Crippen LogP contribution in [0.15, 0.2) is 24.3 Å². The molecule has 0 aliphatic carbocycles. The lowest BCUT2D eigenvalue weighted by molar-refractivity contribution is 0.303. The second-order valence-corrected chi connectivity index (χ2v) is 5.45. The van der Waals surface area contributed by atoms with Gasteiger partial charge in [0.15, 0.2) is 0 Å². The first-order valence-electron chi connectivity index (χ1n) is 6.31. The van der Waals surface area contributed by atoms with Crippen LogP contribution in [0.3, 0.4) is 0 Å². The van der Waals surface area contributed by atoms with E-state index in [1.807, 2.05) is 13.0 Å². The van der Waals surface area contributed by atoms with Gasteiger partial charge in [0.05, 0.1) is 6.07 Å². The van der Waals surface area contributed by atoms with Crippen LogP contribution in [0.25, 0.3) is 0 Å². The third-order valence-corrected chi connectivity index (χ3v) is 3.17. The van der Waals surface area contributed by atoms with Gasteiger partial charge in [-0.15, -0.1) is 0 Å². The predicted octanol–water partition coefficient (Wildman–Crippen LogP) is 3.81. The van der Waals surface area contributed by atoms with E-state index < -0.39 is 0 Å². The minimum Gasteiger partial charge on any atom is -0.310 e. The van der Waals surface area contributed by atoms with E-state index in [0.29, 0.717) is 12.0 Å². The summed E-state index contributed by atoms with van der Waals surface area (Å²) in [6.07, 6.45) is 1.41. The molecule has 1 aromatic rings. The van der Waals surface area contributed by atoms with Gasteiger partial charge in [-0.3, -0.25) is 0 Å². The molecule has 3 heteroatoms. The fourth-order valence-electron chi connectivity index (χ4n) is 1.85. The van der Waals surface area contributed by atoms with Crippen LogP contribution in [0.1, 0.15) is 45.2 Å². The molecule has 0 saturated carbocycles. The highest BCUT2D eigenvalue weighted by molar-refractivity contribution is 5.20. The van der Waals surface area contributed by atoms with Crippen LogP contribution < -0.4 is 5.32 Å². The molecule has 1 N–H and O–H groups in total. The predicted molar refractivity (Wildman–Crippen MR) is 71.4 cm³/mol. The fraction of sp³-hybridized carbons (Fsp3) is 0.533. The van der Waals surface area contributed by atoms with Crippen LogP contribution in [0.4, 0.5) is 4.39 Å². The Balaban J connectivity index is 2.54. The number of hydrogen-bond acceptors (Lipinski definition) is 2. The van der Waals surface area contributed by atoms with Crippen molar-refractivity contribution in [3.63, 3.8) is 0 Å². The molecule has 2 nitrogen and oxygen atoms in total. The summed E-state index contributed by atoms with van der Waals surface area (Å²) in [5.41, 5.74) is 0.739. The van der Waals surface area contributed by atoms with Gasteiger partial charge in [0.25, 0.3) is 0 Å². The lowest BCUT2D eigenvalue weighted by Gasteiger charge is -2.26. The first-order valence-corrected chi connectivity index (χ1v) is 6.31. The minimum atomic E-state index is -0.174. The van der Waals surface area contributed by atoms with E-state index in [2.05, 4.69) is 25.2 Å². The summed E-state index contributed by atoms with van der Waals surface area (Å²) < 4.78 is 13.6. The Kier molecular flexibility index (Phi) is 5.30. The monoisotopic (exact) mass is 248 g/mol. The summed E-state index contributed by atoms with van der Waals surface area (Å²) in [4.78, 5) is 0. The Morgan fingerprint density at radius 1 is 1.39 bits per heavy atom. The number of hydrogen-bond donors (Lipinski definition) is 1. The zero-order valence-electron chi connectivity index (χ0n) is 11.3. The SMILES string of the molecule is CC(NCC(C)(C)CCC#N)c1ccccc1F. The quantitative estimate of drug-likeness (QED) is 0.831. The summed E-state index contributed by atoms with van der Waals surface area (Å²) >= 11 is 0. The summed E-state index contributed by atoms with van der Waals surface area (Å²) in [5.74, 6) is -0.174. The highest BCUT2D eigenvalue weighted by Gasteiger charge is 2.19. The van der Waals surface area contributed by atoms with E-state index in [0.717, 1.165) is 13.0 Å². The van der Waals surface area contributed by atoms with Crippen LogP contribution in [0.5, 0.6) is 0 Å². The van der Waals surface area contributed by atoms with Crippen LogP contribution >= 0.6 is 0 Å². The van der Waals surface area contributed by atoms with Gasteiger partial charge in [-0.25, -0.2) is 4.39 Å². The molecule has 0 aliphatic rings. The van der Waals surface area contributed by atoms with Gasteiger partial charge in [-0.2, -0.15) is 5.26 Å². The molecule has 0 radical (unpaired) electrons. The molecule has 1 rings (SSSR count). The number of nitrogens with zero attached hydrogens (tertiary/aromatic N) is 1. The van der Waals surface area contributed by atoms with Gasteiger partial charge in [0, 0.05) is 24.6 Å². The van der Waals surface area contributed by atoms with E-state index in [1.165, 1.54) is 6.07 Å². The van der Waals surface area contributed by atoms with E-state index in [9.17, 15) is 4.39 Å². The van der Waals surface area contributed by atoms with Crippen LogP contribution in [-0.4, -0.2) is 6.54 Å². The zero-order valence-corrected chi connectivity index (χ0v) is 11.3. The van der Waals surface area contributed by atoms with Crippen molar-refractivity contribution in [1.82, 2.24) is 5.32 Å². The number of benzene rings is 1. The lowest BCUT2D eigenvalue weighted by Crippen LogP contribution is -2.31. The number of nitriles is 1. The molecule has 0 amide bonds. The molecule has 0 heterocycles. The third-order valence-electron chi connectivity index (χ3n) is 3.17. The van der Waals surface area contributed by atoms with Crippen molar-refractivity contribution in [1.29, 1.82) is 5.26 Å². The Morgan fingerprint density at radius 3 is 2.67 bits per heavy atom. The Morgan fingerprint density at radius 2 is 2.06 bits per heavy atom. The van der Waals surface area contributed by atoms with Crippen molar-refractivity contribution in [2.75, 3.05) is 6.54 Å². The van der Waals surface area contributed by atoms with Gasteiger partial charge in [-0.05, 0) is 24.8 Å². The molecule has 18 heavy (non-hydrogen) atoms. The van der Waals surface area contributed by atoms with E-state index in [-0.39, 0.29) is 17.3 Å². The second-order valence-electron chi connectivity index (χ2n) is 5.45. The average Bonchev–Trinajstić information content (AvgIpc) is 2.34. The molecule has 0 bridgehead atoms. The summed E-state index contributed by atoms with van der Waals surface area (Å²) in [7, 11) is 0. The fourth-order valence-corrected chi connectivity index (χ4v) is 1.85. The van der Waals surface area contributed by atoms with Gasteiger partial charge in [0.2, 0.25) is 0 Å². The normalized spacial score (nSPS) is 13.1. The van der Waals surface area contributed by atoms with Crippen LogP contribution in [-0.2, 0) is 0 Å². The zero-order chi connectivity index (χ0) is 13.6. The lowest BCUT2D eigenvalue weighted by atomic mass is 9.87. The molecule has 0 spiro atoms. The maximum Gasteiger partial charge on any atom is 0.127 e. The molecule has 1 atom stereocenters. The number of nitrogens with one attached hydrogen (secondary N) is 1. The first-order chi connectivity index (χ1) is 8.46. The molecule has 0 aromatic heterocycles.